The lowest BCUT2D eigenvalue weighted by atomic mass is 9.85. The van der Waals surface area contributed by atoms with Crippen LogP contribution in [0.2, 0.25) is 0 Å². The fraction of sp³-hybridized carbons (Fsp3) is 0.833. The van der Waals surface area contributed by atoms with Crippen LogP contribution in [0.1, 0.15) is 47.0 Å². The third kappa shape index (κ3) is 2.36. The molecule has 0 heterocycles. The van der Waals surface area contributed by atoms with Gasteiger partial charge in [0, 0.05) is 6.04 Å². The zero-order chi connectivity index (χ0) is 12.6. The molecule has 0 saturated heterocycles. The molecular weight excluding hydrogens is 206 g/mol. The lowest BCUT2D eigenvalue weighted by Gasteiger charge is -2.30. The van der Waals surface area contributed by atoms with Crippen molar-refractivity contribution < 1.29 is 14.7 Å². The fourth-order valence-corrected chi connectivity index (χ4v) is 2.03. The molecule has 0 aromatic rings. The highest BCUT2D eigenvalue weighted by Gasteiger charge is 2.41. The highest BCUT2D eigenvalue weighted by Crippen LogP contribution is 2.37. The van der Waals surface area contributed by atoms with Gasteiger partial charge in [-0.25, -0.2) is 0 Å². The van der Waals surface area contributed by atoms with Crippen LogP contribution >= 0.6 is 0 Å². The first-order valence-electron chi connectivity index (χ1n) is 5.72. The first-order chi connectivity index (χ1) is 7.18. The van der Waals surface area contributed by atoms with Gasteiger partial charge in [0.05, 0.1) is 0 Å². The van der Waals surface area contributed by atoms with E-state index in [0.717, 1.165) is 19.3 Å². The molecule has 0 bridgehead atoms. The molecular formula is C12H21NO3. The summed E-state index contributed by atoms with van der Waals surface area (Å²) in [4.78, 5) is 22.8. The lowest BCUT2D eigenvalue weighted by molar-refractivity contribution is -0.153. The molecule has 0 aromatic carbocycles. The van der Waals surface area contributed by atoms with E-state index in [1.807, 2.05) is 0 Å². The summed E-state index contributed by atoms with van der Waals surface area (Å²) < 4.78 is 0. The van der Waals surface area contributed by atoms with Crippen molar-refractivity contribution in [3.8, 4) is 0 Å². The molecule has 0 spiro atoms. The van der Waals surface area contributed by atoms with Crippen molar-refractivity contribution in [2.45, 2.75) is 53.0 Å². The summed E-state index contributed by atoms with van der Waals surface area (Å²) in [6.45, 7) is 7.09. The van der Waals surface area contributed by atoms with Crippen LogP contribution in [0.3, 0.4) is 0 Å². The maximum absolute atomic E-state index is 11.9. The van der Waals surface area contributed by atoms with Gasteiger partial charge in [0.1, 0.15) is 5.41 Å². The Hall–Kier alpha value is -1.06. The maximum atomic E-state index is 11.9. The van der Waals surface area contributed by atoms with Crippen LogP contribution in [0, 0.1) is 10.8 Å². The third-order valence-electron chi connectivity index (χ3n) is 3.66. The van der Waals surface area contributed by atoms with Gasteiger partial charge in [0.15, 0.2) is 0 Å². The molecule has 1 unspecified atom stereocenters. The molecule has 1 saturated carbocycles. The normalized spacial score (nSPS) is 24.1. The molecule has 4 nitrogen and oxygen atoms in total. The molecule has 4 heteroatoms. The highest BCUT2D eigenvalue weighted by molar-refractivity contribution is 6.01. The third-order valence-corrected chi connectivity index (χ3v) is 3.66. The second-order valence-electron chi connectivity index (χ2n) is 5.84. The number of carbonyl (C=O) groups excluding carboxylic acids is 1. The largest absolute Gasteiger partial charge is 0.480 e. The predicted molar refractivity (Wildman–Crippen MR) is 61.0 cm³/mol. The summed E-state index contributed by atoms with van der Waals surface area (Å²) in [7, 11) is 0. The van der Waals surface area contributed by atoms with Crippen LogP contribution in [-0.4, -0.2) is 23.0 Å². The predicted octanol–water partition coefficient (Wildman–Crippen LogP) is 1.79. The Labute approximate surface area is 96.4 Å². The van der Waals surface area contributed by atoms with E-state index < -0.39 is 11.4 Å². The van der Waals surface area contributed by atoms with E-state index in [1.165, 1.54) is 13.8 Å². The number of carboxylic acids is 1. The van der Waals surface area contributed by atoms with Gasteiger partial charge in [-0.15, -0.1) is 0 Å². The summed E-state index contributed by atoms with van der Waals surface area (Å²) >= 11 is 0. The van der Waals surface area contributed by atoms with E-state index in [-0.39, 0.29) is 17.4 Å². The van der Waals surface area contributed by atoms with Crippen molar-refractivity contribution in [3.05, 3.63) is 0 Å². The zero-order valence-corrected chi connectivity index (χ0v) is 10.5. The molecule has 1 amide bonds. The number of carbonyl (C=O) groups is 2. The van der Waals surface area contributed by atoms with Crippen molar-refractivity contribution in [1.29, 1.82) is 0 Å². The molecule has 16 heavy (non-hydrogen) atoms. The SMILES string of the molecule is CC(C)(C(=O)O)C(=O)NC1CCCC1(C)C. The van der Waals surface area contributed by atoms with Gasteiger partial charge in [-0.3, -0.25) is 9.59 Å². The monoisotopic (exact) mass is 227 g/mol. The average Bonchev–Trinajstić information content (AvgIpc) is 2.45. The van der Waals surface area contributed by atoms with Gasteiger partial charge in [-0.05, 0) is 32.1 Å². The van der Waals surface area contributed by atoms with Crippen LogP contribution < -0.4 is 5.32 Å². The van der Waals surface area contributed by atoms with Crippen molar-refractivity contribution in [1.82, 2.24) is 5.32 Å². The van der Waals surface area contributed by atoms with Crippen molar-refractivity contribution >= 4 is 11.9 Å². The van der Waals surface area contributed by atoms with Gasteiger partial charge in [-0.2, -0.15) is 0 Å². The first kappa shape index (κ1) is 13.0. The molecule has 1 aliphatic carbocycles. The van der Waals surface area contributed by atoms with Gasteiger partial charge in [0.2, 0.25) is 5.91 Å². The molecule has 0 radical (unpaired) electrons. The summed E-state index contributed by atoms with van der Waals surface area (Å²) in [5, 5.41) is 11.8. The second-order valence-corrected chi connectivity index (χ2v) is 5.84. The van der Waals surface area contributed by atoms with Crippen LogP contribution in [0.5, 0.6) is 0 Å². The zero-order valence-electron chi connectivity index (χ0n) is 10.5. The lowest BCUT2D eigenvalue weighted by Crippen LogP contribution is -2.49. The Kier molecular flexibility index (Phi) is 3.31. The van der Waals surface area contributed by atoms with E-state index in [0.29, 0.717) is 0 Å². The number of hydrogen-bond acceptors (Lipinski definition) is 2. The van der Waals surface area contributed by atoms with Gasteiger partial charge >= 0.3 is 5.97 Å². The second kappa shape index (κ2) is 4.07. The van der Waals surface area contributed by atoms with Crippen molar-refractivity contribution in [2.24, 2.45) is 10.8 Å². The average molecular weight is 227 g/mol. The van der Waals surface area contributed by atoms with Crippen LogP contribution in [-0.2, 0) is 9.59 Å². The molecule has 2 N–H and O–H groups in total. The standard InChI is InChI=1S/C12H21NO3/c1-11(2)7-5-6-8(11)13-9(14)12(3,4)10(15)16/h8H,5-7H2,1-4H3,(H,13,14)(H,15,16). The minimum absolute atomic E-state index is 0.0737. The maximum Gasteiger partial charge on any atom is 0.318 e. The van der Waals surface area contributed by atoms with Gasteiger partial charge in [-0.1, -0.05) is 20.3 Å². The Morgan fingerprint density at radius 1 is 1.38 bits per heavy atom. The minimum Gasteiger partial charge on any atom is -0.480 e. The number of rotatable bonds is 3. The molecule has 0 aliphatic heterocycles. The van der Waals surface area contributed by atoms with Crippen molar-refractivity contribution in [3.63, 3.8) is 0 Å². The number of carboxylic acid groups (broad SMARTS) is 1. The van der Waals surface area contributed by atoms with Crippen LogP contribution in [0.25, 0.3) is 0 Å². The molecule has 1 rings (SSSR count). The van der Waals surface area contributed by atoms with E-state index in [2.05, 4.69) is 19.2 Å². The smallest absolute Gasteiger partial charge is 0.318 e. The topological polar surface area (TPSA) is 66.4 Å². The Morgan fingerprint density at radius 2 is 1.94 bits per heavy atom. The highest BCUT2D eigenvalue weighted by atomic mass is 16.4. The minimum atomic E-state index is -1.35. The van der Waals surface area contributed by atoms with E-state index in [9.17, 15) is 9.59 Å². The van der Waals surface area contributed by atoms with Crippen molar-refractivity contribution in [2.75, 3.05) is 0 Å². The van der Waals surface area contributed by atoms with Gasteiger partial charge in [0.25, 0.3) is 0 Å². The number of hydrogen-bond donors (Lipinski definition) is 2. The Balaban J connectivity index is 2.69. The van der Waals surface area contributed by atoms with E-state index in [4.69, 9.17) is 5.11 Å². The molecule has 1 atom stereocenters. The number of nitrogens with one attached hydrogen (secondary N) is 1. The molecule has 92 valence electrons. The summed E-state index contributed by atoms with van der Waals surface area (Å²) in [5.74, 6) is -1.47. The van der Waals surface area contributed by atoms with E-state index >= 15 is 0 Å². The summed E-state index contributed by atoms with van der Waals surface area (Å²) in [6.07, 6.45) is 3.10. The van der Waals surface area contributed by atoms with Gasteiger partial charge < -0.3 is 10.4 Å². The fourth-order valence-electron chi connectivity index (χ4n) is 2.03. The number of aliphatic carboxylic acids is 1. The summed E-state index contributed by atoms with van der Waals surface area (Å²) in [6, 6.07) is 0.0959. The first-order valence-corrected chi connectivity index (χ1v) is 5.72. The Morgan fingerprint density at radius 3 is 2.31 bits per heavy atom. The van der Waals surface area contributed by atoms with Crippen LogP contribution in [0.4, 0.5) is 0 Å². The van der Waals surface area contributed by atoms with E-state index in [1.54, 1.807) is 0 Å². The quantitative estimate of drug-likeness (QED) is 0.722. The summed E-state index contributed by atoms with van der Waals surface area (Å²) in [5.41, 5.74) is -1.27. The molecule has 1 fully saturated rings. The molecule has 0 aromatic heterocycles. The Bertz CT molecular complexity index is 307. The molecule has 1 aliphatic rings. The number of amides is 1. The van der Waals surface area contributed by atoms with Crippen LogP contribution in [0.15, 0.2) is 0 Å².